The van der Waals surface area contributed by atoms with Crippen molar-refractivity contribution in [2.45, 2.75) is 13.8 Å². The van der Waals surface area contributed by atoms with Gasteiger partial charge in [0.1, 0.15) is 11.6 Å². The third kappa shape index (κ3) is 4.76. The number of ether oxygens (including phenoxy) is 1. The molecule has 1 aliphatic heterocycles. The average molecular weight is 501 g/mol. The normalized spacial score (nSPS) is 15.8. The molecule has 0 radical (unpaired) electrons. The van der Waals surface area contributed by atoms with Gasteiger partial charge >= 0.3 is 0 Å². The van der Waals surface area contributed by atoms with E-state index in [0.717, 1.165) is 15.8 Å². The Morgan fingerprint density at radius 1 is 1.32 bits per heavy atom. The van der Waals surface area contributed by atoms with Crippen molar-refractivity contribution in [3.05, 3.63) is 62.2 Å². The molecule has 1 heterocycles. The van der Waals surface area contributed by atoms with Crippen LogP contribution in [0, 0.1) is 11.7 Å². The minimum Gasteiger partial charge on any atom is -0.492 e. The Kier molecular flexibility index (Phi) is 6.81. The van der Waals surface area contributed by atoms with Crippen molar-refractivity contribution in [3.63, 3.8) is 0 Å². The molecule has 28 heavy (non-hydrogen) atoms. The molecular weight excluding hydrogens is 485 g/mol. The lowest BCUT2D eigenvalue weighted by molar-refractivity contribution is -0.113. The SMILES string of the molecule is CC(C)COc1ccc(/C=C2\SC(=S)N(c3ccc(F)c(Cl)c3)C2=O)cc1Br. The van der Waals surface area contributed by atoms with Crippen LogP contribution in [0.4, 0.5) is 10.1 Å². The summed E-state index contributed by atoms with van der Waals surface area (Å²) in [4.78, 5) is 14.7. The smallest absolute Gasteiger partial charge is 0.270 e. The number of anilines is 1. The Labute approximate surface area is 186 Å². The van der Waals surface area contributed by atoms with E-state index in [9.17, 15) is 9.18 Å². The van der Waals surface area contributed by atoms with Crippen molar-refractivity contribution < 1.29 is 13.9 Å². The third-order valence-corrected chi connectivity index (χ3v) is 5.99. The molecule has 1 fully saturated rings. The van der Waals surface area contributed by atoms with Crippen LogP contribution in [0.3, 0.4) is 0 Å². The van der Waals surface area contributed by atoms with E-state index >= 15 is 0 Å². The van der Waals surface area contributed by atoms with Gasteiger partial charge in [-0.15, -0.1) is 0 Å². The molecule has 3 nitrogen and oxygen atoms in total. The van der Waals surface area contributed by atoms with E-state index in [4.69, 9.17) is 28.6 Å². The zero-order chi connectivity index (χ0) is 20.4. The van der Waals surface area contributed by atoms with Crippen LogP contribution in [-0.2, 0) is 4.79 Å². The molecule has 2 aromatic rings. The summed E-state index contributed by atoms with van der Waals surface area (Å²) >= 11 is 15.9. The van der Waals surface area contributed by atoms with Crippen molar-refractivity contribution >= 4 is 73.5 Å². The highest BCUT2D eigenvalue weighted by molar-refractivity contribution is 9.10. The van der Waals surface area contributed by atoms with Crippen molar-refractivity contribution in [2.75, 3.05) is 11.5 Å². The third-order valence-electron chi connectivity index (χ3n) is 3.78. The number of amides is 1. The molecule has 0 aromatic heterocycles. The van der Waals surface area contributed by atoms with Gasteiger partial charge in [0.25, 0.3) is 5.91 Å². The fourth-order valence-corrected chi connectivity index (χ4v) is 4.43. The van der Waals surface area contributed by atoms with Crippen molar-refractivity contribution in [2.24, 2.45) is 5.92 Å². The molecular formula is C20H16BrClFNO2S2. The lowest BCUT2D eigenvalue weighted by Gasteiger charge is -2.14. The van der Waals surface area contributed by atoms with Gasteiger partial charge in [-0.3, -0.25) is 9.69 Å². The second-order valence-electron chi connectivity index (χ2n) is 6.51. The number of carbonyl (C=O) groups excluding carboxylic acids is 1. The van der Waals surface area contributed by atoms with Crippen LogP contribution in [0.1, 0.15) is 19.4 Å². The van der Waals surface area contributed by atoms with Crippen LogP contribution < -0.4 is 9.64 Å². The maximum absolute atomic E-state index is 13.4. The summed E-state index contributed by atoms with van der Waals surface area (Å²) < 4.78 is 20.3. The summed E-state index contributed by atoms with van der Waals surface area (Å²) in [6.45, 7) is 4.79. The molecule has 1 aliphatic rings. The molecule has 1 saturated heterocycles. The van der Waals surface area contributed by atoms with E-state index in [1.807, 2.05) is 18.2 Å². The van der Waals surface area contributed by atoms with Gasteiger partial charge in [-0.25, -0.2) is 4.39 Å². The first kappa shape index (κ1) is 21.3. The molecule has 1 amide bonds. The Balaban J connectivity index is 1.83. The predicted octanol–water partition coefficient (Wildman–Crippen LogP) is 6.68. The molecule has 0 bridgehead atoms. The van der Waals surface area contributed by atoms with Crippen molar-refractivity contribution in [3.8, 4) is 5.75 Å². The molecule has 0 N–H and O–H groups in total. The molecule has 0 unspecified atom stereocenters. The van der Waals surface area contributed by atoms with Crippen molar-refractivity contribution in [1.82, 2.24) is 0 Å². The van der Waals surface area contributed by atoms with Crippen LogP contribution in [0.2, 0.25) is 5.02 Å². The Morgan fingerprint density at radius 3 is 2.71 bits per heavy atom. The van der Waals surface area contributed by atoms with Crippen LogP contribution in [0.5, 0.6) is 5.75 Å². The van der Waals surface area contributed by atoms with Crippen LogP contribution in [0.15, 0.2) is 45.8 Å². The zero-order valence-corrected chi connectivity index (χ0v) is 19.0. The van der Waals surface area contributed by atoms with Crippen molar-refractivity contribution in [1.29, 1.82) is 0 Å². The number of rotatable bonds is 5. The summed E-state index contributed by atoms with van der Waals surface area (Å²) in [6.07, 6.45) is 1.77. The molecule has 0 saturated carbocycles. The maximum Gasteiger partial charge on any atom is 0.270 e. The Hall–Kier alpha value is -1.41. The average Bonchev–Trinajstić information content (AvgIpc) is 2.90. The van der Waals surface area contributed by atoms with E-state index < -0.39 is 5.82 Å². The first-order chi connectivity index (χ1) is 13.3. The first-order valence-corrected chi connectivity index (χ1v) is 10.8. The fourth-order valence-electron chi connectivity index (χ4n) is 2.45. The second kappa shape index (κ2) is 8.95. The van der Waals surface area contributed by atoms with Crippen LogP contribution in [0.25, 0.3) is 6.08 Å². The van der Waals surface area contributed by atoms with E-state index in [2.05, 4.69) is 29.8 Å². The first-order valence-electron chi connectivity index (χ1n) is 8.41. The molecule has 0 spiro atoms. The van der Waals surface area contributed by atoms with Gasteiger partial charge in [0.2, 0.25) is 0 Å². The highest BCUT2D eigenvalue weighted by Gasteiger charge is 2.33. The number of nitrogens with zero attached hydrogens (tertiary/aromatic N) is 1. The number of halogens is 3. The minimum absolute atomic E-state index is 0.0588. The van der Waals surface area contributed by atoms with E-state index in [0.29, 0.717) is 27.4 Å². The van der Waals surface area contributed by atoms with Crippen LogP contribution >= 0.6 is 51.5 Å². The number of thioether (sulfide) groups is 1. The Bertz CT molecular complexity index is 981. The highest BCUT2D eigenvalue weighted by atomic mass is 79.9. The number of hydrogen-bond acceptors (Lipinski definition) is 4. The summed E-state index contributed by atoms with van der Waals surface area (Å²) in [5.41, 5.74) is 1.28. The fraction of sp³-hybridized carbons (Fsp3) is 0.200. The predicted molar refractivity (Wildman–Crippen MR) is 122 cm³/mol. The molecule has 3 rings (SSSR count). The molecule has 0 atom stereocenters. The number of benzene rings is 2. The second-order valence-corrected chi connectivity index (χ2v) is 9.45. The summed E-state index contributed by atoms with van der Waals surface area (Å²) in [5.74, 6) is 0.359. The van der Waals surface area contributed by atoms with E-state index in [1.165, 1.54) is 34.9 Å². The Morgan fingerprint density at radius 2 is 2.07 bits per heavy atom. The van der Waals surface area contributed by atoms with Gasteiger partial charge in [0.05, 0.1) is 26.7 Å². The van der Waals surface area contributed by atoms with E-state index in [-0.39, 0.29) is 10.9 Å². The van der Waals surface area contributed by atoms with Gasteiger partial charge in [-0.2, -0.15) is 0 Å². The van der Waals surface area contributed by atoms with Gasteiger partial charge in [-0.05, 0) is 63.8 Å². The summed E-state index contributed by atoms with van der Waals surface area (Å²) in [7, 11) is 0. The zero-order valence-electron chi connectivity index (χ0n) is 15.0. The molecule has 2 aromatic carbocycles. The minimum atomic E-state index is -0.545. The van der Waals surface area contributed by atoms with Gasteiger partial charge in [0.15, 0.2) is 4.32 Å². The number of thiocarbonyl (C=S) groups is 1. The quantitative estimate of drug-likeness (QED) is 0.338. The number of carbonyl (C=O) groups is 1. The summed E-state index contributed by atoms with van der Waals surface area (Å²) in [5, 5.41) is -0.0588. The van der Waals surface area contributed by atoms with Gasteiger partial charge < -0.3 is 4.74 Å². The maximum atomic E-state index is 13.4. The topological polar surface area (TPSA) is 29.5 Å². The van der Waals surface area contributed by atoms with Crippen LogP contribution in [-0.4, -0.2) is 16.8 Å². The summed E-state index contributed by atoms with van der Waals surface area (Å²) in [6, 6.07) is 9.71. The lowest BCUT2D eigenvalue weighted by atomic mass is 10.2. The highest BCUT2D eigenvalue weighted by Crippen LogP contribution is 2.37. The largest absolute Gasteiger partial charge is 0.492 e. The number of hydrogen-bond donors (Lipinski definition) is 0. The molecule has 0 aliphatic carbocycles. The van der Waals surface area contributed by atoms with E-state index in [1.54, 1.807) is 6.08 Å². The molecule has 146 valence electrons. The van der Waals surface area contributed by atoms with Gasteiger partial charge in [0, 0.05) is 0 Å². The lowest BCUT2D eigenvalue weighted by Crippen LogP contribution is -2.27. The van der Waals surface area contributed by atoms with Gasteiger partial charge in [-0.1, -0.05) is 55.5 Å². The standard InChI is InChI=1S/C20H16BrClFNO2S2/c1-11(2)10-26-17-6-3-12(7-14(17)21)8-18-19(25)24(20(27)28-18)13-4-5-16(23)15(22)9-13/h3-9,11H,10H2,1-2H3/b18-8-. The monoisotopic (exact) mass is 499 g/mol. The molecule has 8 heteroatoms.